The maximum absolute atomic E-state index is 12.3. The molecular weight excluding hydrogens is 218 g/mol. The molecule has 5 heteroatoms. The van der Waals surface area contributed by atoms with Crippen LogP contribution in [-0.2, 0) is 4.79 Å². The van der Waals surface area contributed by atoms with Crippen LogP contribution in [0.25, 0.3) is 0 Å². The number of aliphatic hydroxyl groups is 1. The molecule has 1 saturated carbocycles. The van der Waals surface area contributed by atoms with Crippen molar-refractivity contribution in [3.8, 4) is 0 Å². The van der Waals surface area contributed by atoms with E-state index in [-0.39, 0.29) is 24.5 Å². The van der Waals surface area contributed by atoms with Crippen LogP contribution < -0.4 is 5.73 Å². The maximum Gasteiger partial charge on any atom is 0.227 e. The molecule has 3 N–H and O–H groups in total. The summed E-state index contributed by atoms with van der Waals surface area (Å²) >= 11 is 0. The predicted molar refractivity (Wildman–Crippen MR) is 65.4 cm³/mol. The van der Waals surface area contributed by atoms with Gasteiger partial charge in [0.1, 0.15) is 0 Å². The van der Waals surface area contributed by atoms with Crippen LogP contribution in [0.5, 0.6) is 0 Å². The molecule has 0 radical (unpaired) electrons. The third kappa shape index (κ3) is 2.97. The Morgan fingerprint density at radius 3 is 2.47 bits per heavy atom. The number of nitrogens with zero attached hydrogens (tertiary/aromatic N) is 2. The molecule has 5 nitrogen and oxygen atoms in total. The molecule has 0 aromatic carbocycles. The maximum atomic E-state index is 12.3. The molecule has 0 bridgehead atoms. The van der Waals surface area contributed by atoms with Crippen molar-refractivity contribution in [3.05, 3.63) is 0 Å². The lowest BCUT2D eigenvalue weighted by Gasteiger charge is -2.36. The summed E-state index contributed by atoms with van der Waals surface area (Å²) in [6.07, 6.45) is 3.03. The molecule has 2 aliphatic rings. The topological polar surface area (TPSA) is 69.8 Å². The zero-order valence-corrected chi connectivity index (χ0v) is 10.3. The second-order valence-electron chi connectivity index (χ2n) is 5.09. The van der Waals surface area contributed by atoms with Crippen molar-refractivity contribution in [3.63, 3.8) is 0 Å². The number of carbonyl (C=O) groups is 1. The van der Waals surface area contributed by atoms with Gasteiger partial charge in [-0.1, -0.05) is 6.42 Å². The number of nitrogens with two attached hydrogens (primary N) is 1. The Morgan fingerprint density at radius 1 is 1.24 bits per heavy atom. The lowest BCUT2D eigenvalue weighted by molar-refractivity contribution is -0.137. The van der Waals surface area contributed by atoms with E-state index in [0.29, 0.717) is 6.54 Å². The van der Waals surface area contributed by atoms with E-state index in [9.17, 15) is 4.79 Å². The molecule has 2 rings (SSSR count). The predicted octanol–water partition coefficient (Wildman–Crippen LogP) is -0.750. The normalized spacial score (nSPS) is 30.8. The molecular formula is C12H23N3O2. The van der Waals surface area contributed by atoms with Gasteiger partial charge in [-0.05, 0) is 12.8 Å². The molecule has 1 heterocycles. The minimum absolute atomic E-state index is 0.0550. The van der Waals surface area contributed by atoms with Crippen LogP contribution >= 0.6 is 0 Å². The number of hydrogen-bond donors (Lipinski definition) is 2. The van der Waals surface area contributed by atoms with E-state index in [1.54, 1.807) is 0 Å². The van der Waals surface area contributed by atoms with E-state index in [1.807, 2.05) is 4.90 Å². The first-order chi connectivity index (χ1) is 8.22. The zero-order valence-electron chi connectivity index (χ0n) is 10.3. The van der Waals surface area contributed by atoms with Crippen LogP contribution in [-0.4, -0.2) is 66.2 Å². The van der Waals surface area contributed by atoms with Gasteiger partial charge in [-0.2, -0.15) is 0 Å². The first kappa shape index (κ1) is 12.8. The number of rotatable bonds is 3. The second kappa shape index (κ2) is 5.80. The number of amides is 1. The molecule has 2 atom stereocenters. The van der Waals surface area contributed by atoms with E-state index >= 15 is 0 Å². The summed E-state index contributed by atoms with van der Waals surface area (Å²) in [5.74, 6) is 0.304. The van der Waals surface area contributed by atoms with Gasteiger partial charge in [-0.15, -0.1) is 0 Å². The summed E-state index contributed by atoms with van der Waals surface area (Å²) in [7, 11) is 0. The molecule has 2 fully saturated rings. The Labute approximate surface area is 103 Å². The number of β-amino-alcohol motifs (C(OH)–C–C–N with tert-alkyl or cyclic N) is 1. The second-order valence-corrected chi connectivity index (χ2v) is 5.09. The van der Waals surface area contributed by atoms with E-state index in [1.165, 1.54) is 0 Å². The van der Waals surface area contributed by atoms with Crippen molar-refractivity contribution in [1.82, 2.24) is 9.80 Å². The van der Waals surface area contributed by atoms with Crippen LogP contribution in [0, 0.1) is 5.92 Å². The summed E-state index contributed by atoms with van der Waals surface area (Å²) in [6, 6.07) is 0.0676. The average Bonchev–Trinajstić information content (AvgIpc) is 2.76. The van der Waals surface area contributed by atoms with Crippen molar-refractivity contribution < 1.29 is 9.90 Å². The lowest BCUT2D eigenvalue weighted by atomic mass is 10.0. The molecule has 1 amide bonds. The Kier molecular flexibility index (Phi) is 4.36. The first-order valence-corrected chi connectivity index (χ1v) is 6.60. The number of aliphatic hydroxyl groups excluding tert-OH is 1. The number of carbonyl (C=O) groups excluding carboxylic acids is 1. The molecule has 1 aliphatic carbocycles. The quantitative estimate of drug-likeness (QED) is 0.682. The summed E-state index contributed by atoms with van der Waals surface area (Å²) in [5.41, 5.74) is 5.97. The Balaban J connectivity index is 1.82. The molecule has 0 aromatic rings. The van der Waals surface area contributed by atoms with Crippen LogP contribution in [0.3, 0.4) is 0 Å². The largest absolute Gasteiger partial charge is 0.395 e. The summed E-state index contributed by atoms with van der Waals surface area (Å²) in [5, 5.41) is 8.86. The van der Waals surface area contributed by atoms with Crippen molar-refractivity contribution in [2.75, 3.05) is 39.3 Å². The smallest absolute Gasteiger partial charge is 0.227 e. The fourth-order valence-corrected chi connectivity index (χ4v) is 2.86. The van der Waals surface area contributed by atoms with Gasteiger partial charge < -0.3 is 15.7 Å². The average molecular weight is 241 g/mol. The summed E-state index contributed by atoms with van der Waals surface area (Å²) in [6.45, 7) is 4.21. The molecule has 0 spiro atoms. The number of hydrogen-bond acceptors (Lipinski definition) is 4. The van der Waals surface area contributed by atoms with Crippen LogP contribution in [0.2, 0.25) is 0 Å². The highest BCUT2D eigenvalue weighted by Crippen LogP contribution is 2.26. The third-order valence-corrected chi connectivity index (χ3v) is 3.99. The minimum Gasteiger partial charge on any atom is -0.395 e. The van der Waals surface area contributed by atoms with Crippen molar-refractivity contribution in [1.29, 1.82) is 0 Å². The highest BCUT2D eigenvalue weighted by molar-refractivity contribution is 5.80. The van der Waals surface area contributed by atoms with E-state index < -0.39 is 0 Å². The van der Waals surface area contributed by atoms with E-state index in [2.05, 4.69) is 4.90 Å². The SMILES string of the molecule is N[C@@H]1CCC[C@@H]1C(=O)N1CCN(CCO)CC1. The van der Waals surface area contributed by atoms with Crippen molar-refractivity contribution in [2.45, 2.75) is 25.3 Å². The van der Waals surface area contributed by atoms with Crippen molar-refractivity contribution >= 4 is 5.91 Å². The minimum atomic E-state index is 0.0550. The van der Waals surface area contributed by atoms with E-state index in [0.717, 1.165) is 45.4 Å². The Bertz CT molecular complexity index is 264. The van der Waals surface area contributed by atoms with Gasteiger partial charge in [0.15, 0.2) is 0 Å². The Hall–Kier alpha value is -0.650. The molecule has 1 aliphatic heterocycles. The summed E-state index contributed by atoms with van der Waals surface area (Å²) in [4.78, 5) is 16.4. The van der Waals surface area contributed by atoms with Crippen LogP contribution in [0.4, 0.5) is 0 Å². The van der Waals surface area contributed by atoms with E-state index in [4.69, 9.17) is 10.8 Å². The van der Waals surface area contributed by atoms with Gasteiger partial charge in [0.05, 0.1) is 12.5 Å². The molecule has 1 saturated heterocycles. The highest BCUT2D eigenvalue weighted by Gasteiger charge is 2.34. The van der Waals surface area contributed by atoms with Crippen molar-refractivity contribution in [2.24, 2.45) is 11.7 Å². The fourth-order valence-electron chi connectivity index (χ4n) is 2.86. The Morgan fingerprint density at radius 2 is 1.94 bits per heavy atom. The molecule has 0 aromatic heterocycles. The van der Waals surface area contributed by atoms with Crippen LogP contribution in [0.15, 0.2) is 0 Å². The first-order valence-electron chi connectivity index (χ1n) is 6.60. The van der Waals surface area contributed by atoms with Gasteiger partial charge in [0.25, 0.3) is 0 Å². The lowest BCUT2D eigenvalue weighted by Crippen LogP contribution is -2.52. The monoisotopic (exact) mass is 241 g/mol. The van der Waals surface area contributed by atoms with Gasteiger partial charge in [0, 0.05) is 38.8 Å². The van der Waals surface area contributed by atoms with Crippen LogP contribution in [0.1, 0.15) is 19.3 Å². The molecule has 98 valence electrons. The zero-order chi connectivity index (χ0) is 12.3. The third-order valence-electron chi connectivity index (χ3n) is 3.99. The fraction of sp³-hybridized carbons (Fsp3) is 0.917. The number of piperazine rings is 1. The van der Waals surface area contributed by atoms with Gasteiger partial charge >= 0.3 is 0 Å². The highest BCUT2D eigenvalue weighted by atomic mass is 16.3. The summed E-state index contributed by atoms with van der Waals surface area (Å²) < 4.78 is 0. The van der Waals surface area contributed by atoms with Gasteiger partial charge in [-0.3, -0.25) is 9.69 Å². The van der Waals surface area contributed by atoms with Gasteiger partial charge in [-0.25, -0.2) is 0 Å². The molecule has 17 heavy (non-hydrogen) atoms. The standard InChI is InChI=1S/C12H23N3O2/c13-11-3-1-2-10(11)12(17)15-6-4-14(5-7-15)8-9-16/h10-11,16H,1-9,13H2/t10-,11+/m0/s1. The van der Waals surface area contributed by atoms with Gasteiger partial charge in [0.2, 0.25) is 5.91 Å². The molecule has 0 unspecified atom stereocenters.